The molecule has 0 amide bonds. The van der Waals surface area contributed by atoms with Gasteiger partial charge in [0, 0.05) is 0 Å². The van der Waals surface area contributed by atoms with Crippen molar-refractivity contribution in [2.24, 2.45) is 5.92 Å². The molecule has 1 atom stereocenters. The van der Waals surface area contributed by atoms with E-state index in [2.05, 4.69) is 15.3 Å². The van der Waals surface area contributed by atoms with Crippen LogP contribution in [-0.4, -0.2) is 32.8 Å². The molecule has 5 nitrogen and oxygen atoms in total. The van der Waals surface area contributed by atoms with Gasteiger partial charge in [0.1, 0.15) is 6.04 Å². The number of aromatic nitrogens is 2. The Bertz CT molecular complexity index is 429. The number of aliphatic carboxylic acids is 1. The first kappa shape index (κ1) is 14.7. The molecule has 1 aromatic rings. The van der Waals surface area contributed by atoms with Crippen LogP contribution in [0.25, 0.3) is 0 Å². The fourth-order valence-corrected chi connectivity index (χ4v) is 1.85. The number of carbonyl (C=O) groups is 1. The molecule has 0 aliphatic carbocycles. The Hall–Kier alpha value is -1.37. The van der Waals surface area contributed by atoms with Gasteiger partial charge in [-0.1, -0.05) is 32.5 Å². The van der Waals surface area contributed by atoms with E-state index in [9.17, 15) is 9.18 Å². The van der Waals surface area contributed by atoms with Crippen molar-refractivity contribution in [2.45, 2.75) is 32.0 Å². The quantitative estimate of drug-likeness (QED) is 0.611. The lowest BCUT2D eigenvalue weighted by molar-refractivity contribution is -0.138. The topological polar surface area (TPSA) is 75.1 Å². The van der Waals surface area contributed by atoms with Crippen LogP contribution in [0.2, 0.25) is 0 Å². The summed E-state index contributed by atoms with van der Waals surface area (Å²) in [6.07, 6.45) is 1.05. The monoisotopic (exact) mass is 273 g/mol. The highest BCUT2D eigenvalue weighted by Crippen LogP contribution is 2.19. The first-order valence-electron chi connectivity index (χ1n) is 5.60. The second-order valence-corrected chi connectivity index (χ2v) is 5.22. The van der Waals surface area contributed by atoms with Gasteiger partial charge < -0.3 is 10.4 Å². The average Bonchev–Trinajstić information content (AvgIpc) is 2.29. The van der Waals surface area contributed by atoms with E-state index in [0.717, 1.165) is 11.9 Å². The Morgan fingerprint density at radius 3 is 2.78 bits per heavy atom. The van der Waals surface area contributed by atoms with E-state index in [1.807, 2.05) is 6.92 Å². The number of nitrogens with one attached hydrogen (secondary N) is 1. The second kappa shape index (κ2) is 6.53. The van der Waals surface area contributed by atoms with Gasteiger partial charge in [-0.25, -0.2) is 19.2 Å². The number of carboxylic acids is 1. The predicted octanol–water partition coefficient (Wildman–Crippen LogP) is 2.25. The van der Waals surface area contributed by atoms with E-state index in [0.29, 0.717) is 5.16 Å². The Kier molecular flexibility index (Phi) is 5.33. The summed E-state index contributed by atoms with van der Waals surface area (Å²) in [5.41, 5.74) is 0. The van der Waals surface area contributed by atoms with Gasteiger partial charge in [-0.05, 0) is 11.7 Å². The summed E-state index contributed by atoms with van der Waals surface area (Å²) >= 11 is 1.37. The number of thioether (sulfide) groups is 1. The molecule has 18 heavy (non-hydrogen) atoms. The van der Waals surface area contributed by atoms with Crippen molar-refractivity contribution in [1.82, 2.24) is 9.97 Å². The SMILES string of the molecule is CCSc1ncc(F)c(N[C@H](C(=O)O)C(C)C)n1. The van der Waals surface area contributed by atoms with Crippen LogP contribution in [0, 0.1) is 11.7 Å². The zero-order valence-electron chi connectivity index (χ0n) is 10.5. The van der Waals surface area contributed by atoms with Gasteiger partial charge in [-0.15, -0.1) is 0 Å². The summed E-state index contributed by atoms with van der Waals surface area (Å²) in [4.78, 5) is 18.8. The van der Waals surface area contributed by atoms with Crippen LogP contribution in [0.5, 0.6) is 0 Å². The smallest absolute Gasteiger partial charge is 0.326 e. The molecule has 0 saturated heterocycles. The van der Waals surface area contributed by atoms with Crippen molar-refractivity contribution >= 4 is 23.5 Å². The summed E-state index contributed by atoms with van der Waals surface area (Å²) in [5, 5.41) is 12.1. The second-order valence-electron chi connectivity index (χ2n) is 3.99. The number of hydrogen-bond acceptors (Lipinski definition) is 5. The van der Waals surface area contributed by atoms with E-state index < -0.39 is 17.8 Å². The molecule has 0 bridgehead atoms. The van der Waals surface area contributed by atoms with Crippen molar-refractivity contribution < 1.29 is 14.3 Å². The molecular weight excluding hydrogens is 257 g/mol. The van der Waals surface area contributed by atoms with Gasteiger partial charge in [-0.2, -0.15) is 0 Å². The molecule has 7 heteroatoms. The van der Waals surface area contributed by atoms with Crippen LogP contribution in [0.3, 0.4) is 0 Å². The first-order valence-corrected chi connectivity index (χ1v) is 6.59. The van der Waals surface area contributed by atoms with Crippen molar-refractivity contribution in [3.05, 3.63) is 12.0 Å². The third-order valence-corrected chi connectivity index (χ3v) is 2.96. The Balaban J connectivity index is 2.94. The minimum absolute atomic E-state index is 0.0675. The molecule has 0 radical (unpaired) electrons. The molecule has 1 aromatic heterocycles. The first-order chi connectivity index (χ1) is 8.45. The van der Waals surface area contributed by atoms with Crippen LogP contribution < -0.4 is 5.32 Å². The van der Waals surface area contributed by atoms with E-state index >= 15 is 0 Å². The molecule has 100 valence electrons. The Morgan fingerprint density at radius 2 is 2.28 bits per heavy atom. The maximum atomic E-state index is 13.5. The van der Waals surface area contributed by atoms with Crippen LogP contribution in [0.1, 0.15) is 20.8 Å². The molecule has 0 aliphatic rings. The molecule has 1 heterocycles. The van der Waals surface area contributed by atoms with Gasteiger partial charge in [0.2, 0.25) is 0 Å². The number of hydrogen-bond donors (Lipinski definition) is 2. The maximum Gasteiger partial charge on any atom is 0.326 e. The molecule has 0 unspecified atom stereocenters. The zero-order valence-corrected chi connectivity index (χ0v) is 11.3. The lowest BCUT2D eigenvalue weighted by Gasteiger charge is -2.18. The molecule has 2 N–H and O–H groups in total. The highest BCUT2D eigenvalue weighted by Gasteiger charge is 2.23. The number of halogens is 1. The van der Waals surface area contributed by atoms with E-state index in [-0.39, 0.29) is 11.7 Å². The zero-order chi connectivity index (χ0) is 13.7. The van der Waals surface area contributed by atoms with E-state index in [4.69, 9.17) is 5.11 Å². The molecule has 0 aliphatic heterocycles. The van der Waals surface area contributed by atoms with Crippen LogP contribution >= 0.6 is 11.8 Å². The van der Waals surface area contributed by atoms with Crippen molar-refractivity contribution in [3.63, 3.8) is 0 Å². The Labute approximate surface area is 109 Å². The normalized spacial score (nSPS) is 12.5. The Morgan fingerprint density at radius 1 is 1.61 bits per heavy atom. The van der Waals surface area contributed by atoms with E-state index in [1.54, 1.807) is 13.8 Å². The molecule has 0 saturated carbocycles. The largest absolute Gasteiger partial charge is 0.480 e. The highest BCUT2D eigenvalue weighted by atomic mass is 32.2. The minimum atomic E-state index is -1.03. The van der Waals surface area contributed by atoms with E-state index in [1.165, 1.54) is 11.8 Å². The van der Waals surface area contributed by atoms with Crippen LogP contribution in [-0.2, 0) is 4.79 Å². The van der Waals surface area contributed by atoms with Gasteiger partial charge in [0.05, 0.1) is 6.20 Å². The fourth-order valence-electron chi connectivity index (χ4n) is 1.31. The predicted molar refractivity (Wildman–Crippen MR) is 68.3 cm³/mol. The van der Waals surface area contributed by atoms with Gasteiger partial charge >= 0.3 is 5.97 Å². The summed E-state index contributed by atoms with van der Waals surface area (Å²) < 4.78 is 13.5. The average molecular weight is 273 g/mol. The molecule has 1 rings (SSSR count). The van der Waals surface area contributed by atoms with Crippen molar-refractivity contribution in [1.29, 1.82) is 0 Å². The van der Waals surface area contributed by atoms with Gasteiger partial charge in [0.15, 0.2) is 16.8 Å². The molecular formula is C11H16FN3O2S. The fraction of sp³-hybridized carbons (Fsp3) is 0.545. The van der Waals surface area contributed by atoms with Crippen LogP contribution in [0.4, 0.5) is 10.2 Å². The molecule has 0 aromatic carbocycles. The minimum Gasteiger partial charge on any atom is -0.480 e. The number of rotatable bonds is 6. The summed E-state index contributed by atoms with van der Waals surface area (Å²) in [5.74, 6) is -1.17. The number of anilines is 1. The van der Waals surface area contributed by atoms with Crippen LogP contribution in [0.15, 0.2) is 11.4 Å². The highest BCUT2D eigenvalue weighted by molar-refractivity contribution is 7.99. The third kappa shape index (κ3) is 3.83. The standard InChI is InChI=1S/C11H16FN3O2S/c1-4-18-11-13-5-7(12)9(15-11)14-8(6(2)3)10(16)17/h5-6,8H,4H2,1-3H3,(H,16,17)(H,13,14,15)/t8-/m0/s1. The lowest BCUT2D eigenvalue weighted by atomic mass is 10.1. The van der Waals surface area contributed by atoms with Gasteiger partial charge in [0.25, 0.3) is 0 Å². The lowest BCUT2D eigenvalue weighted by Crippen LogP contribution is -2.35. The van der Waals surface area contributed by atoms with Crippen molar-refractivity contribution in [2.75, 3.05) is 11.1 Å². The van der Waals surface area contributed by atoms with Gasteiger partial charge in [-0.3, -0.25) is 0 Å². The third-order valence-electron chi connectivity index (χ3n) is 2.22. The molecule has 0 fully saturated rings. The summed E-state index contributed by atoms with van der Waals surface area (Å²) in [6.45, 7) is 5.41. The summed E-state index contributed by atoms with van der Waals surface area (Å²) in [7, 11) is 0. The van der Waals surface area contributed by atoms with Crippen molar-refractivity contribution in [3.8, 4) is 0 Å². The number of carboxylic acid groups (broad SMARTS) is 1. The molecule has 0 spiro atoms. The summed E-state index contributed by atoms with van der Waals surface area (Å²) in [6, 6.07) is -0.881. The number of nitrogens with zero attached hydrogens (tertiary/aromatic N) is 2. The maximum absolute atomic E-state index is 13.5.